The highest BCUT2D eigenvalue weighted by atomic mass is 35.5. The first-order valence-electron chi connectivity index (χ1n) is 11.0. The van der Waals surface area contributed by atoms with E-state index in [1.165, 1.54) is 6.08 Å². The number of likely N-dealkylation sites (N-methyl/N-ethyl adjacent to an activating group) is 2. The number of aliphatic hydroxyl groups is 1. The van der Waals surface area contributed by atoms with Gasteiger partial charge in [-0.05, 0) is 20.2 Å². The van der Waals surface area contributed by atoms with E-state index in [0.29, 0.717) is 59.5 Å². The molecule has 1 unspecified atom stereocenters. The van der Waals surface area contributed by atoms with Crippen LogP contribution in [0.25, 0.3) is 11.0 Å². The van der Waals surface area contributed by atoms with E-state index in [1.54, 1.807) is 35.2 Å². The third-order valence-corrected chi connectivity index (χ3v) is 6.03. The van der Waals surface area contributed by atoms with Crippen LogP contribution in [0, 0.1) is 0 Å². The van der Waals surface area contributed by atoms with Crippen molar-refractivity contribution in [1.82, 2.24) is 34.5 Å². The lowest BCUT2D eigenvalue weighted by Gasteiger charge is -2.40. The number of ether oxygens (including phenoxy) is 1. The lowest BCUT2D eigenvalue weighted by atomic mass is 9.88. The van der Waals surface area contributed by atoms with Gasteiger partial charge in [0.25, 0.3) is 0 Å². The van der Waals surface area contributed by atoms with Gasteiger partial charge >= 0.3 is 0 Å². The Bertz CT molecular complexity index is 1170. The topological polar surface area (TPSA) is 124 Å². The van der Waals surface area contributed by atoms with E-state index in [9.17, 15) is 9.90 Å². The van der Waals surface area contributed by atoms with Crippen LogP contribution in [0.1, 0.15) is 12.8 Å². The molecule has 182 valence electrons. The van der Waals surface area contributed by atoms with E-state index >= 15 is 0 Å². The molecule has 1 fully saturated rings. The summed E-state index contributed by atoms with van der Waals surface area (Å²) in [4.78, 5) is 27.5. The molecule has 3 heterocycles. The van der Waals surface area contributed by atoms with Crippen LogP contribution in [-0.2, 0) is 11.3 Å². The van der Waals surface area contributed by atoms with E-state index in [1.807, 2.05) is 19.0 Å². The van der Waals surface area contributed by atoms with Crippen molar-refractivity contribution < 1.29 is 14.6 Å². The summed E-state index contributed by atoms with van der Waals surface area (Å²) in [6.45, 7) is 4.44. The Morgan fingerprint density at radius 3 is 2.91 bits per heavy atom. The number of aromatic amines is 1. The van der Waals surface area contributed by atoms with Gasteiger partial charge in [0.2, 0.25) is 17.7 Å². The quantitative estimate of drug-likeness (QED) is 0.370. The summed E-state index contributed by atoms with van der Waals surface area (Å²) in [5.74, 6) is 0.584. The molecule has 4 rings (SSSR count). The second-order valence-electron chi connectivity index (χ2n) is 8.72. The molecule has 0 aromatic carbocycles. The Kier molecular flexibility index (Phi) is 7.05. The Morgan fingerprint density at radius 1 is 1.44 bits per heavy atom. The maximum absolute atomic E-state index is 11.8. The van der Waals surface area contributed by atoms with Gasteiger partial charge in [-0.2, -0.15) is 15.1 Å². The Hall–Kier alpha value is -3.15. The van der Waals surface area contributed by atoms with Crippen molar-refractivity contribution in [2.75, 3.05) is 33.0 Å². The fraction of sp³-hybridized carbons (Fsp3) is 0.455. The van der Waals surface area contributed by atoms with Gasteiger partial charge in [0.15, 0.2) is 0 Å². The molecule has 1 aliphatic carbocycles. The number of aromatic nitrogens is 5. The second-order valence-corrected chi connectivity index (χ2v) is 9.13. The van der Waals surface area contributed by atoms with Gasteiger partial charge in [-0.3, -0.25) is 9.48 Å². The van der Waals surface area contributed by atoms with Crippen molar-refractivity contribution in [3.63, 3.8) is 0 Å². The first-order chi connectivity index (χ1) is 16.2. The van der Waals surface area contributed by atoms with Crippen molar-refractivity contribution in [3.05, 3.63) is 36.3 Å². The normalized spacial score (nSPS) is 18.5. The van der Waals surface area contributed by atoms with Crippen molar-refractivity contribution in [2.45, 2.75) is 37.6 Å². The first kappa shape index (κ1) is 24.0. The average molecular weight is 489 g/mol. The van der Waals surface area contributed by atoms with E-state index in [0.717, 1.165) is 0 Å². The van der Waals surface area contributed by atoms with Gasteiger partial charge in [-0.15, -0.1) is 0 Å². The monoisotopic (exact) mass is 488 g/mol. The summed E-state index contributed by atoms with van der Waals surface area (Å²) in [6.07, 6.45) is 7.11. The number of nitrogens with zero attached hydrogens (tertiary/aromatic N) is 6. The van der Waals surface area contributed by atoms with E-state index in [4.69, 9.17) is 16.3 Å². The number of halogens is 1. The number of carbonyl (C=O) groups is 1. The minimum atomic E-state index is -0.538. The lowest BCUT2D eigenvalue weighted by Crippen LogP contribution is -2.49. The smallest absolute Gasteiger partial charge is 0.245 e. The van der Waals surface area contributed by atoms with Gasteiger partial charge in [0.1, 0.15) is 11.8 Å². The van der Waals surface area contributed by atoms with Crippen LogP contribution in [-0.4, -0.2) is 91.5 Å². The van der Waals surface area contributed by atoms with Crippen LogP contribution in [0.5, 0.6) is 5.88 Å². The fourth-order valence-corrected chi connectivity index (χ4v) is 4.11. The van der Waals surface area contributed by atoms with Gasteiger partial charge in [-0.25, -0.2) is 0 Å². The zero-order valence-electron chi connectivity index (χ0n) is 19.4. The SMILES string of the molecule is C=CC(=O)N(C)[C@H]1C[C@H](Oc2nc(Nc3cnn(CC(O)CN(C)C)c3)nc3[nH]cc(Cl)c23)C1. The molecule has 0 bridgehead atoms. The number of H-pyrrole nitrogens is 1. The van der Waals surface area contributed by atoms with Crippen molar-refractivity contribution in [1.29, 1.82) is 0 Å². The number of rotatable bonds is 10. The molecular weight excluding hydrogens is 460 g/mol. The number of carbonyl (C=O) groups excluding carboxylic acids is 1. The number of hydrogen-bond acceptors (Lipinski definition) is 8. The third-order valence-electron chi connectivity index (χ3n) is 5.73. The predicted octanol–water partition coefficient (Wildman–Crippen LogP) is 2.03. The molecule has 0 saturated heterocycles. The molecule has 0 aliphatic heterocycles. The minimum Gasteiger partial charge on any atom is -0.474 e. The van der Waals surface area contributed by atoms with Crippen LogP contribution in [0.4, 0.5) is 11.6 Å². The van der Waals surface area contributed by atoms with E-state index in [-0.39, 0.29) is 18.1 Å². The molecule has 1 amide bonds. The predicted molar refractivity (Wildman–Crippen MR) is 129 cm³/mol. The Labute approximate surface area is 202 Å². The molecule has 12 heteroatoms. The summed E-state index contributed by atoms with van der Waals surface area (Å²) in [5, 5.41) is 18.6. The summed E-state index contributed by atoms with van der Waals surface area (Å²) in [5.41, 5.74) is 1.22. The summed E-state index contributed by atoms with van der Waals surface area (Å²) < 4.78 is 7.81. The average Bonchev–Trinajstić information content (AvgIpc) is 3.34. The maximum atomic E-state index is 11.8. The van der Waals surface area contributed by atoms with Crippen molar-refractivity contribution >= 4 is 40.2 Å². The first-order valence-corrected chi connectivity index (χ1v) is 11.3. The molecule has 11 nitrogen and oxygen atoms in total. The summed E-state index contributed by atoms with van der Waals surface area (Å²) >= 11 is 6.35. The highest BCUT2D eigenvalue weighted by Crippen LogP contribution is 2.35. The molecular formula is C22H29ClN8O3. The molecule has 3 N–H and O–H groups in total. The summed E-state index contributed by atoms with van der Waals surface area (Å²) in [7, 11) is 5.57. The third kappa shape index (κ3) is 5.32. The zero-order valence-corrected chi connectivity index (χ0v) is 20.2. The number of amides is 1. The van der Waals surface area contributed by atoms with Gasteiger partial charge in [0.05, 0.1) is 34.9 Å². The van der Waals surface area contributed by atoms with Crippen LogP contribution < -0.4 is 10.1 Å². The molecule has 1 aliphatic rings. The number of anilines is 2. The molecule has 1 atom stereocenters. The van der Waals surface area contributed by atoms with E-state index < -0.39 is 6.10 Å². The second kappa shape index (κ2) is 10.00. The van der Waals surface area contributed by atoms with Gasteiger partial charge in [-0.1, -0.05) is 18.2 Å². The molecule has 3 aromatic heterocycles. The standard InChI is InChI=1S/C22H29ClN8O3/c1-5-18(33)30(4)14-6-16(7-14)34-21-19-17(23)9-24-20(19)27-22(28-21)26-13-8-25-31(10-13)12-15(32)11-29(2)3/h5,8-10,14-16,32H,1,6-7,11-12H2,2-4H3,(H2,24,26,27,28)/t14-,15?,16-. The van der Waals surface area contributed by atoms with Crippen LogP contribution in [0.2, 0.25) is 5.02 Å². The summed E-state index contributed by atoms with van der Waals surface area (Å²) in [6, 6.07) is 0.0980. The zero-order chi connectivity index (χ0) is 24.4. The van der Waals surface area contributed by atoms with Crippen molar-refractivity contribution in [2.24, 2.45) is 0 Å². The number of fused-ring (bicyclic) bond motifs is 1. The number of nitrogens with one attached hydrogen (secondary N) is 2. The van der Waals surface area contributed by atoms with Crippen LogP contribution in [0.3, 0.4) is 0 Å². The van der Waals surface area contributed by atoms with Gasteiger partial charge < -0.3 is 29.9 Å². The van der Waals surface area contributed by atoms with Crippen LogP contribution in [0.15, 0.2) is 31.2 Å². The Balaban J connectivity index is 1.46. The minimum absolute atomic E-state index is 0.0945. The number of aliphatic hydroxyl groups excluding tert-OH is 1. The molecule has 1 saturated carbocycles. The molecule has 3 aromatic rings. The molecule has 0 radical (unpaired) electrons. The van der Waals surface area contributed by atoms with Crippen LogP contribution >= 0.6 is 11.6 Å². The van der Waals surface area contributed by atoms with Gasteiger partial charge in [0, 0.05) is 44.9 Å². The highest BCUT2D eigenvalue weighted by Gasteiger charge is 2.36. The molecule has 0 spiro atoms. The maximum Gasteiger partial charge on any atom is 0.245 e. The highest BCUT2D eigenvalue weighted by molar-refractivity contribution is 6.35. The number of hydrogen-bond donors (Lipinski definition) is 3. The molecule has 34 heavy (non-hydrogen) atoms. The van der Waals surface area contributed by atoms with E-state index in [2.05, 4.69) is 31.9 Å². The fourth-order valence-electron chi connectivity index (χ4n) is 3.89. The largest absolute Gasteiger partial charge is 0.474 e. The lowest BCUT2D eigenvalue weighted by molar-refractivity contribution is -0.130. The van der Waals surface area contributed by atoms with Crippen molar-refractivity contribution in [3.8, 4) is 5.88 Å². The Morgan fingerprint density at radius 2 is 2.21 bits per heavy atom.